The molecule has 162 valence electrons. The number of anilines is 1. The molecule has 8 nitrogen and oxygen atoms in total. The molecule has 1 fully saturated rings. The van der Waals surface area contributed by atoms with E-state index in [1.165, 1.54) is 17.8 Å². The highest BCUT2D eigenvalue weighted by Gasteiger charge is 2.16. The van der Waals surface area contributed by atoms with Crippen molar-refractivity contribution < 1.29 is 19.1 Å². The molecule has 3 amide bonds. The third-order valence-corrected chi connectivity index (χ3v) is 5.77. The lowest BCUT2D eigenvalue weighted by atomic mass is 9.96. The average Bonchev–Trinajstić information content (AvgIpc) is 3.22. The number of benzene rings is 1. The molecule has 1 aromatic heterocycles. The Kier molecular flexibility index (Phi) is 7.89. The summed E-state index contributed by atoms with van der Waals surface area (Å²) in [5, 5.41) is 10.9. The van der Waals surface area contributed by atoms with Gasteiger partial charge in [-0.25, -0.2) is 9.78 Å². The predicted octanol–water partition coefficient (Wildman–Crippen LogP) is 3.79. The molecule has 1 saturated carbocycles. The Hall–Kier alpha value is -2.81. The zero-order valence-electron chi connectivity index (χ0n) is 17.3. The quantitative estimate of drug-likeness (QED) is 0.589. The maximum Gasteiger partial charge on any atom is 0.315 e. The zero-order valence-corrected chi connectivity index (χ0v) is 18.1. The van der Waals surface area contributed by atoms with Gasteiger partial charge in [-0.1, -0.05) is 19.3 Å². The van der Waals surface area contributed by atoms with Crippen molar-refractivity contribution in [3.8, 4) is 22.8 Å². The van der Waals surface area contributed by atoms with Crippen LogP contribution in [0.2, 0.25) is 0 Å². The highest BCUT2D eigenvalue weighted by molar-refractivity contribution is 7.14. The number of nitrogens with one attached hydrogen (secondary N) is 3. The summed E-state index contributed by atoms with van der Waals surface area (Å²) in [6.45, 7) is 0.276. The van der Waals surface area contributed by atoms with Crippen molar-refractivity contribution in [2.24, 2.45) is 0 Å². The van der Waals surface area contributed by atoms with Gasteiger partial charge in [0.15, 0.2) is 16.6 Å². The number of urea groups is 1. The SMILES string of the molecule is COc1ccc(-c2csc(NC(=O)CCNC(=O)NC3CCCCC3)n2)cc1OC. The fourth-order valence-electron chi connectivity index (χ4n) is 3.41. The van der Waals surface area contributed by atoms with E-state index in [1.54, 1.807) is 14.2 Å². The van der Waals surface area contributed by atoms with E-state index in [1.807, 2.05) is 23.6 Å². The molecule has 0 atom stereocenters. The van der Waals surface area contributed by atoms with Gasteiger partial charge in [0.2, 0.25) is 5.91 Å². The van der Waals surface area contributed by atoms with Gasteiger partial charge in [-0.2, -0.15) is 0 Å². The second-order valence-electron chi connectivity index (χ2n) is 7.14. The van der Waals surface area contributed by atoms with Crippen LogP contribution >= 0.6 is 11.3 Å². The number of aromatic nitrogens is 1. The van der Waals surface area contributed by atoms with Crippen LogP contribution in [0.1, 0.15) is 38.5 Å². The maximum absolute atomic E-state index is 12.2. The first-order chi connectivity index (χ1) is 14.6. The minimum atomic E-state index is -0.209. The monoisotopic (exact) mass is 432 g/mol. The topological polar surface area (TPSA) is 102 Å². The Morgan fingerprint density at radius 1 is 1.13 bits per heavy atom. The second-order valence-corrected chi connectivity index (χ2v) is 8.00. The highest BCUT2D eigenvalue weighted by Crippen LogP contribution is 2.33. The Bertz CT molecular complexity index is 864. The van der Waals surface area contributed by atoms with E-state index in [0.29, 0.717) is 16.6 Å². The molecule has 0 aliphatic heterocycles. The molecule has 2 aromatic rings. The van der Waals surface area contributed by atoms with Crippen LogP contribution in [0.3, 0.4) is 0 Å². The van der Waals surface area contributed by atoms with Crippen molar-refractivity contribution in [3.05, 3.63) is 23.6 Å². The van der Waals surface area contributed by atoms with Crippen LogP contribution in [0.25, 0.3) is 11.3 Å². The van der Waals surface area contributed by atoms with Crippen molar-refractivity contribution in [3.63, 3.8) is 0 Å². The first kappa shape index (κ1) is 21.9. The number of methoxy groups -OCH3 is 2. The summed E-state index contributed by atoms with van der Waals surface area (Å²) in [6.07, 6.45) is 5.80. The molecule has 0 bridgehead atoms. The van der Waals surface area contributed by atoms with E-state index in [-0.39, 0.29) is 30.9 Å². The second kappa shape index (κ2) is 10.8. The van der Waals surface area contributed by atoms with Crippen molar-refractivity contribution in [1.82, 2.24) is 15.6 Å². The molecule has 1 aromatic carbocycles. The first-order valence-corrected chi connectivity index (χ1v) is 11.0. The lowest BCUT2D eigenvalue weighted by molar-refractivity contribution is -0.116. The van der Waals surface area contributed by atoms with Gasteiger partial charge >= 0.3 is 6.03 Å². The van der Waals surface area contributed by atoms with Gasteiger partial charge in [-0.15, -0.1) is 11.3 Å². The van der Waals surface area contributed by atoms with Gasteiger partial charge in [-0.05, 0) is 31.0 Å². The predicted molar refractivity (Wildman–Crippen MR) is 117 cm³/mol. The van der Waals surface area contributed by atoms with Crippen LogP contribution in [-0.2, 0) is 4.79 Å². The summed E-state index contributed by atoms with van der Waals surface area (Å²) in [6, 6.07) is 5.58. The van der Waals surface area contributed by atoms with Crippen molar-refractivity contribution in [2.75, 3.05) is 26.1 Å². The number of hydrogen-bond acceptors (Lipinski definition) is 6. The summed E-state index contributed by atoms with van der Waals surface area (Å²) >= 11 is 1.34. The molecule has 1 aliphatic rings. The van der Waals surface area contributed by atoms with Gasteiger partial charge < -0.3 is 25.4 Å². The van der Waals surface area contributed by atoms with Crippen LogP contribution in [0.15, 0.2) is 23.6 Å². The van der Waals surface area contributed by atoms with Crippen LogP contribution in [-0.4, -0.2) is 43.7 Å². The van der Waals surface area contributed by atoms with Gasteiger partial charge in [0.05, 0.1) is 19.9 Å². The van der Waals surface area contributed by atoms with Crippen LogP contribution < -0.4 is 25.4 Å². The molecule has 3 N–H and O–H groups in total. The first-order valence-electron chi connectivity index (χ1n) is 10.1. The zero-order chi connectivity index (χ0) is 21.3. The van der Waals surface area contributed by atoms with E-state index in [9.17, 15) is 9.59 Å². The van der Waals surface area contributed by atoms with E-state index in [4.69, 9.17) is 9.47 Å². The molecule has 1 aliphatic carbocycles. The molecular weight excluding hydrogens is 404 g/mol. The maximum atomic E-state index is 12.2. The molecule has 0 saturated heterocycles. The molecule has 9 heteroatoms. The summed E-state index contributed by atoms with van der Waals surface area (Å²) in [5.41, 5.74) is 1.60. The molecule has 0 unspecified atom stereocenters. The number of carbonyl (C=O) groups excluding carboxylic acids is 2. The van der Waals surface area contributed by atoms with Crippen LogP contribution in [0.4, 0.5) is 9.93 Å². The Balaban J connectivity index is 1.45. The summed E-state index contributed by atoms with van der Waals surface area (Å²) in [4.78, 5) is 28.5. The number of amides is 3. The van der Waals surface area contributed by atoms with Crippen molar-refractivity contribution in [2.45, 2.75) is 44.6 Å². The standard InChI is InChI=1S/C21H28N4O4S/c1-28-17-9-8-14(12-18(17)29-2)16-13-30-21(24-16)25-19(26)10-11-22-20(27)23-15-6-4-3-5-7-15/h8-9,12-13,15H,3-7,10-11H2,1-2H3,(H2,22,23,27)(H,24,25,26). The van der Waals surface area contributed by atoms with Gasteiger partial charge in [0, 0.05) is 30.0 Å². The van der Waals surface area contributed by atoms with Crippen molar-refractivity contribution in [1.29, 1.82) is 0 Å². The minimum Gasteiger partial charge on any atom is -0.493 e. The number of rotatable bonds is 8. The fraction of sp³-hybridized carbons (Fsp3) is 0.476. The van der Waals surface area contributed by atoms with Gasteiger partial charge in [0.25, 0.3) is 0 Å². The third kappa shape index (κ3) is 6.09. The van der Waals surface area contributed by atoms with Gasteiger partial charge in [0.1, 0.15) is 0 Å². The highest BCUT2D eigenvalue weighted by atomic mass is 32.1. The van der Waals surface area contributed by atoms with Crippen molar-refractivity contribution >= 4 is 28.4 Å². The van der Waals surface area contributed by atoms with E-state index < -0.39 is 0 Å². The Morgan fingerprint density at radius 3 is 2.63 bits per heavy atom. The molecule has 1 heterocycles. The summed E-state index contributed by atoms with van der Waals surface area (Å²) < 4.78 is 10.6. The molecular formula is C21H28N4O4S. The number of thiazole rings is 1. The largest absolute Gasteiger partial charge is 0.493 e. The fourth-order valence-corrected chi connectivity index (χ4v) is 4.15. The molecule has 0 spiro atoms. The number of hydrogen-bond donors (Lipinski definition) is 3. The Morgan fingerprint density at radius 2 is 1.90 bits per heavy atom. The summed E-state index contributed by atoms with van der Waals surface area (Å²) in [5.74, 6) is 1.07. The lowest BCUT2D eigenvalue weighted by Gasteiger charge is -2.22. The van der Waals surface area contributed by atoms with Crippen LogP contribution in [0.5, 0.6) is 11.5 Å². The molecule has 3 rings (SSSR count). The third-order valence-electron chi connectivity index (χ3n) is 5.01. The van der Waals surface area contributed by atoms with E-state index in [2.05, 4.69) is 20.9 Å². The Labute approximate surface area is 180 Å². The lowest BCUT2D eigenvalue weighted by Crippen LogP contribution is -2.43. The smallest absolute Gasteiger partial charge is 0.315 e. The molecule has 0 radical (unpaired) electrons. The minimum absolute atomic E-state index is 0.184. The number of carbonyl (C=O) groups is 2. The number of ether oxygens (including phenoxy) is 2. The van der Waals surface area contributed by atoms with Crippen LogP contribution in [0, 0.1) is 0 Å². The normalized spacial score (nSPS) is 14.1. The molecule has 30 heavy (non-hydrogen) atoms. The summed E-state index contributed by atoms with van der Waals surface area (Å²) in [7, 11) is 3.17. The average molecular weight is 433 g/mol. The van der Waals surface area contributed by atoms with E-state index in [0.717, 1.165) is 36.9 Å². The van der Waals surface area contributed by atoms with E-state index >= 15 is 0 Å². The number of nitrogens with zero attached hydrogens (tertiary/aromatic N) is 1. The van der Waals surface area contributed by atoms with Gasteiger partial charge in [-0.3, -0.25) is 4.79 Å².